The van der Waals surface area contributed by atoms with Crippen molar-refractivity contribution in [3.05, 3.63) is 41.1 Å². The van der Waals surface area contributed by atoms with Crippen molar-refractivity contribution >= 4 is 11.8 Å². The first kappa shape index (κ1) is 25.6. The molecule has 1 fully saturated rings. The average Bonchev–Trinajstić information content (AvgIpc) is 3.39. The number of aromatic nitrogens is 1. The van der Waals surface area contributed by atoms with E-state index in [1.807, 2.05) is 0 Å². The summed E-state index contributed by atoms with van der Waals surface area (Å²) in [5.74, 6) is -3.00. The minimum absolute atomic E-state index is 0.0681. The fraction of sp³-hybridized carbons (Fsp3) is 0.500. The van der Waals surface area contributed by atoms with E-state index in [1.54, 1.807) is 0 Å². The highest BCUT2D eigenvalue weighted by Gasteiger charge is 2.44. The lowest BCUT2D eigenvalue weighted by atomic mass is 10.0. The number of hydrogen-bond acceptors (Lipinski definition) is 4. The monoisotopic (exact) mass is 491 g/mol. The van der Waals surface area contributed by atoms with E-state index in [-0.39, 0.29) is 28.6 Å². The summed E-state index contributed by atoms with van der Waals surface area (Å²) in [6.07, 6.45) is -6.47. The Morgan fingerprint density at radius 2 is 1.68 bits per heavy atom. The summed E-state index contributed by atoms with van der Waals surface area (Å²) >= 11 is 0. The van der Waals surface area contributed by atoms with Gasteiger partial charge in [0.15, 0.2) is 11.5 Å². The Morgan fingerprint density at radius 1 is 1.09 bits per heavy atom. The number of benzene rings is 1. The molecule has 1 aromatic carbocycles. The molecule has 0 bridgehead atoms. The standard InChI is InChI=1S/C22H23F6N3O3/c1-12(2)31(20(33)22(26,27)28)11-16-17(19(32)29-15-5-3-4-6-15)30-34-18(16)13-7-9-14(10-8-13)21(23,24)25/h7-10,12,15H,3-6,11H2,1-2H3,(H,29,32). The van der Waals surface area contributed by atoms with Gasteiger partial charge in [-0.05, 0) is 38.8 Å². The largest absolute Gasteiger partial charge is 0.471 e. The number of rotatable bonds is 6. The van der Waals surface area contributed by atoms with E-state index in [2.05, 4.69) is 10.5 Å². The molecule has 3 rings (SSSR count). The summed E-state index contributed by atoms with van der Waals surface area (Å²) in [6.45, 7) is 2.06. The van der Waals surface area contributed by atoms with Gasteiger partial charge in [0.2, 0.25) is 0 Å². The van der Waals surface area contributed by atoms with E-state index in [9.17, 15) is 35.9 Å². The van der Waals surface area contributed by atoms with Crippen LogP contribution in [0.5, 0.6) is 0 Å². The first-order chi connectivity index (χ1) is 15.8. The maximum absolute atomic E-state index is 13.2. The molecule has 1 saturated carbocycles. The maximum Gasteiger partial charge on any atom is 0.471 e. The normalized spacial score (nSPS) is 15.1. The van der Waals surface area contributed by atoms with Crippen LogP contribution in [0.4, 0.5) is 26.3 Å². The fourth-order valence-corrected chi connectivity index (χ4v) is 3.82. The highest BCUT2D eigenvalue weighted by molar-refractivity contribution is 5.95. The van der Waals surface area contributed by atoms with Crippen LogP contribution in [-0.2, 0) is 17.5 Å². The van der Waals surface area contributed by atoms with Crippen molar-refractivity contribution in [3.63, 3.8) is 0 Å². The van der Waals surface area contributed by atoms with E-state index >= 15 is 0 Å². The summed E-state index contributed by atoms with van der Waals surface area (Å²) in [4.78, 5) is 25.4. The van der Waals surface area contributed by atoms with E-state index < -0.39 is 42.3 Å². The van der Waals surface area contributed by atoms with Gasteiger partial charge in [0.05, 0.1) is 17.7 Å². The first-order valence-corrected chi connectivity index (χ1v) is 10.6. The lowest BCUT2D eigenvalue weighted by Crippen LogP contribution is -2.45. The molecule has 2 amide bonds. The molecule has 0 unspecified atom stereocenters. The van der Waals surface area contributed by atoms with Gasteiger partial charge in [0.25, 0.3) is 5.91 Å². The summed E-state index contributed by atoms with van der Waals surface area (Å²) in [5.41, 5.74) is -1.31. The molecule has 6 nitrogen and oxygen atoms in total. The number of carbonyl (C=O) groups excluding carboxylic acids is 2. The van der Waals surface area contributed by atoms with E-state index in [4.69, 9.17) is 4.52 Å². The zero-order valence-corrected chi connectivity index (χ0v) is 18.4. The summed E-state index contributed by atoms with van der Waals surface area (Å²) in [7, 11) is 0. The predicted octanol–water partition coefficient (Wildman–Crippen LogP) is 5.33. The number of nitrogens with zero attached hydrogens (tertiary/aromatic N) is 2. The van der Waals surface area contributed by atoms with Gasteiger partial charge in [-0.3, -0.25) is 9.59 Å². The number of alkyl halides is 6. The minimum atomic E-state index is -5.16. The number of amides is 2. The van der Waals surface area contributed by atoms with Crippen LogP contribution >= 0.6 is 0 Å². The zero-order chi connectivity index (χ0) is 25.3. The van der Waals surface area contributed by atoms with Gasteiger partial charge in [-0.25, -0.2) is 0 Å². The van der Waals surface area contributed by atoms with Gasteiger partial charge in [0, 0.05) is 17.6 Å². The number of halogens is 6. The molecule has 1 aliphatic rings. The van der Waals surface area contributed by atoms with Crippen LogP contribution in [0.25, 0.3) is 11.3 Å². The molecule has 0 saturated heterocycles. The lowest BCUT2D eigenvalue weighted by molar-refractivity contribution is -0.188. The number of nitrogens with one attached hydrogen (secondary N) is 1. The van der Waals surface area contributed by atoms with Crippen molar-refractivity contribution in [2.24, 2.45) is 0 Å². The van der Waals surface area contributed by atoms with Crippen molar-refractivity contribution in [1.82, 2.24) is 15.4 Å². The third-order valence-corrected chi connectivity index (χ3v) is 5.62. The fourth-order valence-electron chi connectivity index (χ4n) is 3.82. The van der Waals surface area contributed by atoms with Gasteiger partial charge in [-0.2, -0.15) is 26.3 Å². The Kier molecular flexibility index (Phi) is 7.27. The molecular formula is C22H23F6N3O3. The van der Waals surface area contributed by atoms with E-state index in [1.165, 1.54) is 13.8 Å². The molecule has 0 spiro atoms. The zero-order valence-electron chi connectivity index (χ0n) is 18.4. The molecule has 1 aromatic heterocycles. The average molecular weight is 491 g/mol. The molecule has 34 heavy (non-hydrogen) atoms. The van der Waals surface area contributed by atoms with E-state index in [0.29, 0.717) is 4.90 Å². The molecule has 0 radical (unpaired) electrons. The summed E-state index contributed by atoms with van der Waals surface area (Å²) < 4.78 is 83.6. The lowest BCUT2D eigenvalue weighted by Gasteiger charge is -2.27. The highest BCUT2D eigenvalue weighted by atomic mass is 19.4. The topological polar surface area (TPSA) is 75.4 Å². The Hall–Kier alpha value is -3.05. The first-order valence-electron chi connectivity index (χ1n) is 10.6. The molecule has 0 atom stereocenters. The van der Waals surface area contributed by atoms with Crippen molar-refractivity contribution in [2.45, 2.75) is 70.5 Å². The highest BCUT2D eigenvalue weighted by Crippen LogP contribution is 2.34. The Balaban J connectivity index is 2.03. The SMILES string of the molecule is CC(C)N(Cc1c(C(=O)NC2CCCC2)noc1-c1ccc(C(F)(F)F)cc1)C(=O)C(F)(F)F. The molecule has 1 N–H and O–H groups in total. The van der Waals surface area contributed by atoms with Gasteiger partial charge in [-0.1, -0.05) is 30.1 Å². The van der Waals surface area contributed by atoms with Crippen LogP contribution in [0.15, 0.2) is 28.8 Å². The third kappa shape index (κ3) is 5.71. The molecule has 12 heteroatoms. The van der Waals surface area contributed by atoms with Crippen molar-refractivity contribution < 1.29 is 40.5 Å². The molecule has 1 heterocycles. The van der Waals surface area contributed by atoms with Crippen LogP contribution in [0.3, 0.4) is 0 Å². The quantitative estimate of drug-likeness (QED) is 0.555. The molecular weight excluding hydrogens is 468 g/mol. The second kappa shape index (κ2) is 9.67. The van der Waals surface area contributed by atoms with Crippen molar-refractivity contribution in [3.8, 4) is 11.3 Å². The Bertz CT molecular complexity index is 1020. The van der Waals surface area contributed by atoms with Crippen LogP contribution in [-0.4, -0.2) is 40.1 Å². The molecule has 186 valence electrons. The van der Waals surface area contributed by atoms with Gasteiger partial charge in [0.1, 0.15) is 0 Å². The number of hydrogen-bond donors (Lipinski definition) is 1. The van der Waals surface area contributed by atoms with Crippen LogP contribution in [0.2, 0.25) is 0 Å². The molecule has 1 aliphatic carbocycles. The third-order valence-electron chi connectivity index (χ3n) is 5.62. The Labute approximate surface area is 191 Å². The van der Waals surface area contributed by atoms with Gasteiger partial charge < -0.3 is 14.7 Å². The summed E-state index contributed by atoms with van der Waals surface area (Å²) in [5, 5.41) is 6.47. The van der Waals surface area contributed by atoms with Crippen molar-refractivity contribution in [2.75, 3.05) is 0 Å². The van der Waals surface area contributed by atoms with Crippen LogP contribution in [0.1, 0.15) is 61.1 Å². The minimum Gasteiger partial charge on any atom is -0.355 e. The van der Waals surface area contributed by atoms with Crippen molar-refractivity contribution in [1.29, 1.82) is 0 Å². The maximum atomic E-state index is 13.2. The second-order valence-electron chi connectivity index (χ2n) is 8.39. The number of carbonyl (C=O) groups is 2. The predicted molar refractivity (Wildman–Crippen MR) is 108 cm³/mol. The summed E-state index contributed by atoms with van der Waals surface area (Å²) in [6, 6.07) is 2.65. The van der Waals surface area contributed by atoms with Gasteiger partial charge in [-0.15, -0.1) is 0 Å². The Morgan fingerprint density at radius 3 is 2.18 bits per heavy atom. The smallest absolute Gasteiger partial charge is 0.355 e. The second-order valence-corrected chi connectivity index (χ2v) is 8.39. The molecule has 0 aliphatic heterocycles. The molecule has 2 aromatic rings. The van der Waals surface area contributed by atoms with Crippen LogP contribution in [0, 0.1) is 0 Å². The van der Waals surface area contributed by atoms with E-state index in [0.717, 1.165) is 49.9 Å². The van der Waals surface area contributed by atoms with Crippen LogP contribution < -0.4 is 5.32 Å². The van der Waals surface area contributed by atoms with Gasteiger partial charge >= 0.3 is 18.3 Å².